The normalized spacial score (nSPS) is 11.1. The Balaban J connectivity index is 1.54. The van der Waals surface area contributed by atoms with Crippen LogP contribution in [0.4, 0.5) is 0 Å². The van der Waals surface area contributed by atoms with Gasteiger partial charge in [-0.1, -0.05) is 59.1 Å². The van der Waals surface area contributed by atoms with E-state index in [1.807, 2.05) is 68.4 Å². The second-order valence-corrected chi connectivity index (χ2v) is 8.49. The SMILES string of the molecule is Cc1ccc(C(=O)NCCc2nc3ccccc3n2Cc2ccc(Cl)c(Cl)c2)c(C)c1. The molecule has 1 amide bonds. The molecule has 158 valence electrons. The molecule has 0 saturated heterocycles. The molecule has 0 bridgehead atoms. The number of para-hydroxylation sites is 2. The monoisotopic (exact) mass is 451 g/mol. The van der Waals surface area contributed by atoms with E-state index in [4.69, 9.17) is 28.2 Å². The number of nitrogens with zero attached hydrogens (tertiary/aromatic N) is 2. The number of carbonyl (C=O) groups excluding carboxylic acids is 1. The number of halogens is 2. The van der Waals surface area contributed by atoms with Crippen LogP contribution >= 0.6 is 23.2 Å². The van der Waals surface area contributed by atoms with E-state index in [2.05, 4.69) is 16.0 Å². The van der Waals surface area contributed by atoms with Crippen LogP contribution in [0.1, 0.15) is 32.9 Å². The Kier molecular flexibility index (Phi) is 6.30. The highest BCUT2D eigenvalue weighted by molar-refractivity contribution is 6.42. The molecule has 4 aromatic rings. The molecule has 4 rings (SSSR count). The third-order valence-electron chi connectivity index (χ3n) is 5.32. The zero-order valence-electron chi connectivity index (χ0n) is 17.5. The smallest absolute Gasteiger partial charge is 0.251 e. The Morgan fingerprint density at radius 1 is 1.00 bits per heavy atom. The number of benzene rings is 3. The van der Waals surface area contributed by atoms with E-state index in [1.54, 1.807) is 0 Å². The molecule has 0 aliphatic rings. The van der Waals surface area contributed by atoms with Gasteiger partial charge in [0.25, 0.3) is 5.91 Å². The van der Waals surface area contributed by atoms with Gasteiger partial charge in [-0.15, -0.1) is 0 Å². The number of hydrogen-bond donors (Lipinski definition) is 1. The van der Waals surface area contributed by atoms with Gasteiger partial charge in [-0.3, -0.25) is 4.79 Å². The molecule has 0 unspecified atom stereocenters. The first-order chi connectivity index (χ1) is 14.9. The van der Waals surface area contributed by atoms with Crippen LogP contribution in [0.25, 0.3) is 11.0 Å². The van der Waals surface area contributed by atoms with Crippen molar-refractivity contribution in [2.75, 3.05) is 6.54 Å². The molecule has 3 aromatic carbocycles. The van der Waals surface area contributed by atoms with Gasteiger partial charge in [0, 0.05) is 25.1 Å². The van der Waals surface area contributed by atoms with Crippen molar-refractivity contribution in [2.24, 2.45) is 0 Å². The Hall–Kier alpha value is -2.82. The summed E-state index contributed by atoms with van der Waals surface area (Å²) in [5, 5.41) is 4.10. The quantitative estimate of drug-likeness (QED) is 0.391. The molecule has 1 heterocycles. The molecule has 1 N–H and O–H groups in total. The van der Waals surface area contributed by atoms with Gasteiger partial charge in [-0.25, -0.2) is 4.98 Å². The summed E-state index contributed by atoms with van der Waals surface area (Å²) in [6.07, 6.45) is 0.618. The van der Waals surface area contributed by atoms with Gasteiger partial charge in [-0.2, -0.15) is 0 Å². The third-order valence-corrected chi connectivity index (χ3v) is 6.06. The van der Waals surface area contributed by atoms with E-state index in [0.717, 1.165) is 33.5 Å². The second-order valence-electron chi connectivity index (χ2n) is 7.68. The first-order valence-electron chi connectivity index (χ1n) is 10.2. The molecule has 31 heavy (non-hydrogen) atoms. The number of aryl methyl sites for hydroxylation is 2. The van der Waals surface area contributed by atoms with Crippen molar-refractivity contribution in [3.8, 4) is 0 Å². The molecule has 6 heteroatoms. The van der Waals surface area contributed by atoms with Crippen molar-refractivity contribution in [1.82, 2.24) is 14.9 Å². The standard InChI is InChI=1S/C25H23Cl2N3O/c1-16-7-9-19(17(2)13-16)25(31)28-12-11-24-29-22-5-3-4-6-23(22)30(24)15-18-8-10-20(26)21(27)14-18/h3-10,13-14H,11-12,15H2,1-2H3,(H,28,31). The van der Waals surface area contributed by atoms with E-state index in [-0.39, 0.29) is 5.91 Å². The number of amides is 1. The third kappa shape index (κ3) is 4.76. The predicted molar refractivity (Wildman–Crippen MR) is 127 cm³/mol. The summed E-state index contributed by atoms with van der Waals surface area (Å²) < 4.78 is 2.16. The molecule has 0 aliphatic heterocycles. The molecule has 4 nitrogen and oxygen atoms in total. The zero-order valence-corrected chi connectivity index (χ0v) is 19.0. The minimum atomic E-state index is -0.0651. The lowest BCUT2D eigenvalue weighted by molar-refractivity contribution is 0.0953. The van der Waals surface area contributed by atoms with Gasteiger partial charge in [0.2, 0.25) is 0 Å². The van der Waals surface area contributed by atoms with Crippen molar-refractivity contribution < 1.29 is 4.79 Å². The number of nitrogens with one attached hydrogen (secondary N) is 1. The zero-order chi connectivity index (χ0) is 22.0. The van der Waals surface area contributed by atoms with Gasteiger partial charge in [0.05, 0.1) is 21.1 Å². The lowest BCUT2D eigenvalue weighted by Gasteiger charge is -2.12. The number of hydrogen-bond acceptors (Lipinski definition) is 2. The van der Waals surface area contributed by atoms with E-state index >= 15 is 0 Å². The van der Waals surface area contributed by atoms with Crippen molar-refractivity contribution in [3.63, 3.8) is 0 Å². The highest BCUT2D eigenvalue weighted by Gasteiger charge is 2.13. The molecular formula is C25H23Cl2N3O. The highest BCUT2D eigenvalue weighted by atomic mass is 35.5. The summed E-state index contributed by atoms with van der Waals surface area (Å²) in [7, 11) is 0. The molecular weight excluding hydrogens is 429 g/mol. The highest BCUT2D eigenvalue weighted by Crippen LogP contribution is 2.25. The summed E-state index contributed by atoms with van der Waals surface area (Å²) >= 11 is 12.3. The second kappa shape index (κ2) is 9.13. The molecule has 0 aliphatic carbocycles. The summed E-state index contributed by atoms with van der Waals surface area (Å²) in [5.74, 6) is 0.845. The lowest BCUT2D eigenvalue weighted by atomic mass is 10.1. The first-order valence-corrected chi connectivity index (χ1v) is 10.9. The van der Waals surface area contributed by atoms with Gasteiger partial charge in [0.15, 0.2) is 0 Å². The minimum Gasteiger partial charge on any atom is -0.352 e. The topological polar surface area (TPSA) is 46.9 Å². The molecule has 0 fully saturated rings. The van der Waals surface area contributed by atoms with Crippen LogP contribution < -0.4 is 5.32 Å². The Labute approximate surface area is 191 Å². The molecule has 0 atom stereocenters. The fourth-order valence-corrected chi connectivity index (χ4v) is 4.09. The van der Waals surface area contributed by atoms with E-state index < -0.39 is 0 Å². The van der Waals surface area contributed by atoms with Crippen LogP contribution in [0.2, 0.25) is 10.0 Å². The van der Waals surface area contributed by atoms with E-state index in [0.29, 0.717) is 35.1 Å². The van der Waals surface area contributed by atoms with E-state index in [9.17, 15) is 4.79 Å². The number of fused-ring (bicyclic) bond motifs is 1. The molecule has 0 radical (unpaired) electrons. The fourth-order valence-electron chi connectivity index (χ4n) is 3.76. The minimum absolute atomic E-state index is 0.0651. The number of carbonyl (C=O) groups is 1. The van der Waals surface area contributed by atoms with Crippen LogP contribution in [0.3, 0.4) is 0 Å². The van der Waals surface area contributed by atoms with Crippen LogP contribution in [-0.2, 0) is 13.0 Å². The summed E-state index contributed by atoms with van der Waals surface area (Å²) in [6, 6.07) is 19.5. The average molecular weight is 452 g/mol. The molecule has 1 aromatic heterocycles. The van der Waals surface area contributed by atoms with Gasteiger partial charge >= 0.3 is 0 Å². The largest absolute Gasteiger partial charge is 0.352 e. The van der Waals surface area contributed by atoms with Crippen molar-refractivity contribution in [3.05, 3.63) is 98.8 Å². The van der Waals surface area contributed by atoms with Gasteiger partial charge < -0.3 is 9.88 Å². The maximum absolute atomic E-state index is 12.6. The van der Waals surface area contributed by atoms with Gasteiger partial charge in [0.1, 0.15) is 5.82 Å². The van der Waals surface area contributed by atoms with Gasteiger partial charge in [-0.05, 0) is 55.3 Å². The predicted octanol–water partition coefficient (Wildman–Crippen LogP) is 5.98. The van der Waals surface area contributed by atoms with Crippen molar-refractivity contribution in [2.45, 2.75) is 26.8 Å². The molecule has 0 spiro atoms. The maximum Gasteiger partial charge on any atom is 0.251 e. The van der Waals surface area contributed by atoms with Crippen molar-refractivity contribution >= 4 is 40.1 Å². The Morgan fingerprint density at radius 2 is 1.81 bits per heavy atom. The Bertz CT molecular complexity index is 1260. The Morgan fingerprint density at radius 3 is 2.58 bits per heavy atom. The lowest BCUT2D eigenvalue weighted by Crippen LogP contribution is -2.27. The number of rotatable bonds is 6. The summed E-state index contributed by atoms with van der Waals surface area (Å²) in [6.45, 7) is 5.10. The fraction of sp³-hybridized carbons (Fsp3) is 0.200. The number of aromatic nitrogens is 2. The van der Waals surface area contributed by atoms with Crippen LogP contribution in [0, 0.1) is 13.8 Å². The number of imidazole rings is 1. The summed E-state index contributed by atoms with van der Waals surface area (Å²) in [4.78, 5) is 17.4. The first kappa shape index (κ1) is 21.4. The summed E-state index contributed by atoms with van der Waals surface area (Å²) in [5.41, 5.74) is 5.84. The van der Waals surface area contributed by atoms with Crippen LogP contribution in [0.15, 0.2) is 60.7 Å². The molecule has 0 saturated carbocycles. The van der Waals surface area contributed by atoms with Crippen LogP contribution in [-0.4, -0.2) is 22.0 Å². The van der Waals surface area contributed by atoms with Crippen molar-refractivity contribution in [1.29, 1.82) is 0 Å². The van der Waals surface area contributed by atoms with Crippen LogP contribution in [0.5, 0.6) is 0 Å². The van der Waals surface area contributed by atoms with E-state index in [1.165, 1.54) is 0 Å². The average Bonchev–Trinajstić information content (AvgIpc) is 3.08. The maximum atomic E-state index is 12.6.